The minimum atomic E-state index is -0.416. The number of methoxy groups -OCH3 is 1. The maximum atomic E-state index is 12.3. The van der Waals surface area contributed by atoms with Gasteiger partial charge in [0.15, 0.2) is 0 Å². The van der Waals surface area contributed by atoms with E-state index in [4.69, 9.17) is 9.47 Å². The van der Waals surface area contributed by atoms with Crippen molar-refractivity contribution in [1.82, 2.24) is 14.9 Å². The third-order valence-corrected chi connectivity index (χ3v) is 5.71. The summed E-state index contributed by atoms with van der Waals surface area (Å²) in [6.07, 6.45) is 6.35. The average molecular weight is 556 g/mol. The molecule has 0 bridgehead atoms. The first kappa shape index (κ1) is 26.9. The molecule has 0 aliphatic heterocycles. The zero-order chi connectivity index (χ0) is 25.9. The lowest BCUT2D eigenvalue weighted by Crippen LogP contribution is -2.32. The lowest BCUT2D eigenvalue weighted by molar-refractivity contribution is -0.147. The molecule has 0 spiro atoms. The molecule has 0 unspecified atom stereocenters. The number of ether oxygens (including phenoxy) is 2. The molecule has 2 N–H and O–H groups in total. The van der Waals surface area contributed by atoms with Crippen LogP contribution in [0.2, 0.25) is 0 Å². The van der Waals surface area contributed by atoms with Crippen LogP contribution in [0.3, 0.4) is 0 Å². The van der Waals surface area contributed by atoms with Gasteiger partial charge in [-0.15, -0.1) is 0 Å². The predicted octanol–water partition coefficient (Wildman–Crippen LogP) is 4.91. The van der Waals surface area contributed by atoms with Crippen LogP contribution in [0.5, 0.6) is 5.75 Å². The van der Waals surface area contributed by atoms with Gasteiger partial charge >= 0.3 is 5.97 Å². The van der Waals surface area contributed by atoms with Gasteiger partial charge < -0.3 is 25.0 Å². The minimum absolute atomic E-state index is 0.0907. The standard InChI is InChI=1S/C26H30BrN5O4/c1-4-5-12-36-25(34)16-32(2)24(33)10-7-11-28-22-14-20-21(15-23(22)35-3)29-17-30-26(20)31-19-9-6-8-18(27)13-19/h6-10,13-15,17,28H,4-5,11-12,16H2,1-3H3,(H,29,30,31). The number of unbranched alkanes of at least 4 members (excludes halogenated alkanes) is 1. The molecule has 1 aromatic heterocycles. The molecule has 0 aliphatic rings. The summed E-state index contributed by atoms with van der Waals surface area (Å²) in [5, 5.41) is 7.40. The summed E-state index contributed by atoms with van der Waals surface area (Å²) in [7, 11) is 3.15. The van der Waals surface area contributed by atoms with Crippen LogP contribution >= 0.6 is 15.9 Å². The number of fused-ring (bicyclic) bond motifs is 1. The molecular formula is C26H30BrN5O4. The van der Waals surface area contributed by atoms with E-state index in [0.29, 0.717) is 24.7 Å². The summed E-state index contributed by atoms with van der Waals surface area (Å²) in [5.41, 5.74) is 2.33. The van der Waals surface area contributed by atoms with E-state index < -0.39 is 5.97 Å². The van der Waals surface area contributed by atoms with Crippen molar-refractivity contribution in [1.29, 1.82) is 0 Å². The number of hydrogen-bond acceptors (Lipinski definition) is 8. The van der Waals surface area contributed by atoms with E-state index in [1.807, 2.05) is 43.3 Å². The molecule has 36 heavy (non-hydrogen) atoms. The zero-order valence-corrected chi connectivity index (χ0v) is 22.2. The van der Waals surface area contributed by atoms with Gasteiger partial charge in [-0.05, 0) is 30.7 Å². The Morgan fingerprint density at radius 1 is 1.19 bits per heavy atom. The Morgan fingerprint density at radius 3 is 2.78 bits per heavy atom. The number of esters is 1. The Hall–Kier alpha value is -3.66. The molecule has 1 heterocycles. The first-order valence-corrected chi connectivity index (χ1v) is 12.4. The number of carbonyl (C=O) groups is 2. The molecule has 0 saturated carbocycles. The van der Waals surface area contributed by atoms with Crippen LogP contribution in [-0.2, 0) is 14.3 Å². The van der Waals surface area contributed by atoms with Crippen molar-refractivity contribution in [2.24, 2.45) is 0 Å². The Balaban J connectivity index is 1.66. The number of aromatic nitrogens is 2. The van der Waals surface area contributed by atoms with Crippen molar-refractivity contribution in [3.8, 4) is 5.75 Å². The third kappa shape index (κ3) is 7.67. The van der Waals surface area contributed by atoms with Crippen LogP contribution in [0, 0.1) is 0 Å². The predicted molar refractivity (Wildman–Crippen MR) is 145 cm³/mol. The van der Waals surface area contributed by atoms with Crippen LogP contribution in [0.15, 0.2) is 59.4 Å². The van der Waals surface area contributed by atoms with Gasteiger partial charge in [0.05, 0.1) is 24.9 Å². The number of nitrogens with zero attached hydrogens (tertiary/aromatic N) is 3. The van der Waals surface area contributed by atoms with Gasteiger partial charge in [0.25, 0.3) is 0 Å². The van der Waals surface area contributed by atoms with Gasteiger partial charge in [-0.25, -0.2) is 9.97 Å². The summed E-state index contributed by atoms with van der Waals surface area (Å²) < 4.78 is 11.6. The number of anilines is 3. The zero-order valence-electron chi connectivity index (χ0n) is 20.6. The first-order valence-electron chi connectivity index (χ1n) is 11.6. The molecule has 0 fully saturated rings. The largest absolute Gasteiger partial charge is 0.495 e. The van der Waals surface area contributed by atoms with Crippen LogP contribution in [0.4, 0.5) is 17.2 Å². The number of likely N-dealkylation sites (N-methyl/N-ethyl adjacent to an activating group) is 1. The topological polar surface area (TPSA) is 106 Å². The van der Waals surface area contributed by atoms with Gasteiger partial charge in [-0.2, -0.15) is 0 Å². The quantitative estimate of drug-likeness (QED) is 0.184. The normalized spacial score (nSPS) is 10.9. The molecule has 3 aromatic rings. The van der Waals surface area contributed by atoms with Gasteiger partial charge in [-0.3, -0.25) is 9.59 Å². The molecule has 2 aromatic carbocycles. The van der Waals surface area contributed by atoms with Crippen molar-refractivity contribution in [2.45, 2.75) is 19.8 Å². The lowest BCUT2D eigenvalue weighted by Gasteiger charge is -2.15. The summed E-state index contributed by atoms with van der Waals surface area (Å²) >= 11 is 3.48. The maximum absolute atomic E-state index is 12.3. The fourth-order valence-corrected chi connectivity index (χ4v) is 3.70. The number of rotatable bonds is 12. The van der Waals surface area contributed by atoms with E-state index in [2.05, 4.69) is 36.5 Å². The smallest absolute Gasteiger partial charge is 0.325 e. The summed E-state index contributed by atoms with van der Waals surface area (Å²) in [4.78, 5) is 34.2. The van der Waals surface area contributed by atoms with Crippen LogP contribution in [0.1, 0.15) is 19.8 Å². The monoisotopic (exact) mass is 555 g/mol. The van der Waals surface area contributed by atoms with Crippen molar-refractivity contribution in [3.05, 3.63) is 59.4 Å². The lowest BCUT2D eigenvalue weighted by atomic mass is 10.2. The highest BCUT2D eigenvalue weighted by atomic mass is 79.9. The fraction of sp³-hybridized carbons (Fsp3) is 0.308. The molecule has 1 amide bonds. The Kier molecular flexibility index (Phi) is 10.1. The van der Waals surface area contributed by atoms with Gasteiger partial charge in [0, 0.05) is 41.3 Å². The Bertz CT molecular complexity index is 1230. The number of carbonyl (C=O) groups excluding carboxylic acids is 2. The number of hydrogen-bond donors (Lipinski definition) is 2. The number of nitrogens with one attached hydrogen (secondary N) is 2. The first-order chi connectivity index (χ1) is 17.4. The van der Waals surface area contributed by atoms with Gasteiger partial charge in [-0.1, -0.05) is 41.4 Å². The number of amides is 1. The van der Waals surface area contributed by atoms with Crippen molar-refractivity contribution in [3.63, 3.8) is 0 Å². The van der Waals surface area contributed by atoms with Crippen LogP contribution in [0.25, 0.3) is 10.9 Å². The van der Waals surface area contributed by atoms with Gasteiger partial charge in [0.2, 0.25) is 5.91 Å². The highest BCUT2D eigenvalue weighted by Gasteiger charge is 2.12. The van der Waals surface area contributed by atoms with E-state index in [9.17, 15) is 9.59 Å². The number of benzene rings is 2. The molecule has 9 nitrogen and oxygen atoms in total. The fourth-order valence-electron chi connectivity index (χ4n) is 3.30. The molecule has 190 valence electrons. The second kappa shape index (κ2) is 13.4. The second-order valence-corrected chi connectivity index (χ2v) is 8.89. The summed E-state index contributed by atoms with van der Waals surface area (Å²) in [6.45, 7) is 2.66. The van der Waals surface area contributed by atoms with Gasteiger partial charge in [0.1, 0.15) is 24.4 Å². The molecule has 3 rings (SSSR count). The molecular weight excluding hydrogens is 526 g/mol. The van der Waals surface area contributed by atoms with E-state index in [-0.39, 0.29) is 12.5 Å². The average Bonchev–Trinajstić information content (AvgIpc) is 2.86. The summed E-state index contributed by atoms with van der Waals surface area (Å²) in [6, 6.07) is 11.5. The van der Waals surface area contributed by atoms with E-state index in [1.54, 1.807) is 20.2 Å². The van der Waals surface area contributed by atoms with Crippen LogP contribution < -0.4 is 15.4 Å². The van der Waals surface area contributed by atoms with E-state index in [0.717, 1.165) is 39.6 Å². The number of halogens is 1. The van der Waals surface area contributed by atoms with E-state index >= 15 is 0 Å². The Labute approximate surface area is 219 Å². The Morgan fingerprint density at radius 2 is 2.03 bits per heavy atom. The highest BCUT2D eigenvalue weighted by Crippen LogP contribution is 2.33. The molecule has 0 saturated heterocycles. The van der Waals surface area contributed by atoms with Crippen molar-refractivity contribution >= 4 is 55.9 Å². The van der Waals surface area contributed by atoms with Crippen molar-refractivity contribution in [2.75, 3.05) is 44.5 Å². The molecule has 10 heteroatoms. The van der Waals surface area contributed by atoms with E-state index in [1.165, 1.54) is 17.3 Å². The molecule has 0 radical (unpaired) electrons. The molecule has 0 aliphatic carbocycles. The maximum Gasteiger partial charge on any atom is 0.325 e. The third-order valence-electron chi connectivity index (χ3n) is 5.22. The highest BCUT2D eigenvalue weighted by molar-refractivity contribution is 9.10. The summed E-state index contributed by atoms with van der Waals surface area (Å²) in [5.74, 6) is 0.563. The second-order valence-electron chi connectivity index (χ2n) is 7.98. The van der Waals surface area contributed by atoms with Crippen LogP contribution in [-0.4, -0.2) is 60.6 Å². The SMILES string of the molecule is CCCCOC(=O)CN(C)C(=O)C=CCNc1cc2c(Nc3cccc(Br)c3)ncnc2cc1OC. The molecule has 0 atom stereocenters. The minimum Gasteiger partial charge on any atom is -0.495 e. The van der Waals surface area contributed by atoms with Crippen molar-refractivity contribution < 1.29 is 19.1 Å².